The van der Waals surface area contributed by atoms with Gasteiger partial charge >= 0.3 is 12.4 Å². The second kappa shape index (κ2) is 8.32. The molecule has 9 heteroatoms. The Bertz CT molecular complexity index is 850. The third kappa shape index (κ3) is 4.90. The zero-order chi connectivity index (χ0) is 21.1. The number of hydrogen-bond acceptors (Lipinski definition) is 3. The van der Waals surface area contributed by atoms with E-state index in [1.165, 1.54) is 18.2 Å². The Hall–Kier alpha value is -2.39. The molecule has 0 bridgehead atoms. The van der Waals surface area contributed by atoms with E-state index in [9.17, 15) is 31.4 Å². The Labute approximate surface area is 157 Å². The van der Waals surface area contributed by atoms with Gasteiger partial charge in [-0.2, -0.15) is 26.3 Å². The lowest BCUT2D eigenvalue weighted by Gasteiger charge is -2.24. The summed E-state index contributed by atoms with van der Waals surface area (Å²) in [6.45, 7) is 7.62. The summed E-state index contributed by atoms with van der Waals surface area (Å²) in [6.07, 6.45) is -8.27. The number of pyridine rings is 1. The number of aromatic nitrogens is 1. The number of nitrogens with zero attached hydrogens (tertiary/aromatic N) is 2. The molecule has 1 aromatic heterocycles. The largest absolute Gasteiger partial charge is 0.433 e. The lowest BCUT2D eigenvalue weighted by atomic mass is 9.99. The maximum atomic E-state index is 13.3. The molecule has 0 saturated carbocycles. The summed E-state index contributed by atoms with van der Waals surface area (Å²) in [5.41, 5.74) is -3.91. The highest BCUT2D eigenvalue weighted by molar-refractivity contribution is 5.86. The quantitative estimate of drug-likeness (QED) is 0.522. The second-order valence-electron chi connectivity index (χ2n) is 6.11. The van der Waals surface area contributed by atoms with Crippen LogP contribution in [0.1, 0.15) is 22.9 Å². The molecule has 0 aliphatic carbocycles. The summed E-state index contributed by atoms with van der Waals surface area (Å²) >= 11 is 0. The zero-order valence-corrected chi connectivity index (χ0v) is 14.7. The summed E-state index contributed by atoms with van der Waals surface area (Å²) in [5, 5.41) is 10.4. The average Bonchev–Trinajstić information content (AvgIpc) is 2.59. The van der Waals surface area contributed by atoms with Crippen molar-refractivity contribution in [1.29, 1.82) is 0 Å². The molecule has 1 unspecified atom stereocenters. The Morgan fingerprint density at radius 2 is 1.64 bits per heavy atom. The molecule has 1 atom stereocenters. The predicted octanol–water partition coefficient (Wildman–Crippen LogP) is 4.98. The Morgan fingerprint density at radius 1 is 1.04 bits per heavy atom. The first-order chi connectivity index (χ1) is 13.0. The molecule has 0 aliphatic rings. The topological polar surface area (TPSA) is 36.4 Å². The molecule has 3 nitrogen and oxygen atoms in total. The van der Waals surface area contributed by atoms with Crippen LogP contribution >= 0.6 is 0 Å². The van der Waals surface area contributed by atoms with Gasteiger partial charge in [-0.15, -0.1) is 13.2 Å². The van der Waals surface area contributed by atoms with Gasteiger partial charge < -0.3 is 5.11 Å². The number of halogens is 6. The van der Waals surface area contributed by atoms with Crippen molar-refractivity contribution in [2.24, 2.45) is 0 Å². The van der Waals surface area contributed by atoms with Gasteiger partial charge in [0.2, 0.25) is 0 Å². The average molecular weight is 404 g/mol. The van der Waals surface area contributed by atoms with Gasteiger partial charge in [0, 0.05) is 25.0 Å². The van der Waals surface area contributed by atoms with E-state index in [4.69, 9.17) is 0 Å². The van der Waals surface area contributed by atoms with Crippen molar-refractivity contribution in [2.75, 3.05) is 19.6 Å². The number of benzene rings is 1. The molecule has 0 spiro atoms. The monoisotopic (exact) mass is 404 g/mol. The highest BCUT2D eigenvalue weighted by atomic mass is 19.4. The number of aliphatic hydroxyl groups excluding tert-OH is 1. The van der Waals surface area contributed by atoms with Crippen LogP contribution in [0.5, 0.6) is 0 Å². The van der Waals surface area contributed by atoms with Gasteiger partial charge in [0.25, 0.3) is 0 Å². The molecule has 0 saturated heterocycles. The van der Waals surface area contributed by atoms with Crippen molar-refractivity contribution in [3.63, 3.8) is 0 Å². The summed E-state index contributed by atoms with van der Waals surface area (Å²) in [5.74, 6) is 0. The van der Waals surface area contributed by atoms with Crippen LogP contribution in [0.4, 0.5) is 26.3 Å². The fraction of sp³-hybridized carbons (Fsp3) is 0.316. The molecule has 1 aromatic carbocycles. The van der Waals surface area contributed by atoms with Crippen molar-refractivity contribution in [2.45, 2.75) is 18.5 Å². The Kier molecular flexibility index (Phi) is 6.51. The first kappa shape index (κ1) is 21.9. The van der Waals surface area contributed by atoms with Crippen LogP contribution in [0, 0.1) is 0 Å². The SMILES string of the molecule is C=CCN(CC=C)CC(O)c1cc(C(F)(F)F)nc2c(C(F)(F)F)cccc12. The summed E-state index contributed by atoms with van der Waals surface area (Å²) < 4.78 is 79.5. The number of fused-ring (bicyclic) bond motifs is 1. The van der Waals surface area contributed by atoms with E-state index in [0.29, 0.717) is 25.2 Å². The van der Waals surface area contributed by atoms with E-state index in [1.54, 1.807) is 4.90 Å². The Balaban J connectivity index is 2.66. The highest BCUT2D eigenvalue weighted by Crippen LogP contribution is 2.39. The van der Waals surface area contributed by atoms with Gasteiger partial charge in [-0.3, -0.25) is 4.90 Å². The molecule has 0 fully saturated rings. The van der Waals surface area contributed by atoms with Crippen LogP contribution in [-0.4, -0.2) is 34.6 Å². The Morgan fingerprint density at radius 3 is 2.14 bits per heavy atom. The number of hydrogen-bond donors (Lipinski definition) is 1. The maximum absolute atomic E-state index is 13.3. The van der Waals surface area contributed by atoms with Crippen molar-refractivity contribution < 1.29 is 31.4 Å². The van der Waals surface area contributed by atoms with Crippen molar-refractivity contribution in [3.8, 4) is 0 Å². The van der Waals surface area contributed by atoms with Crippen LogP contribution in [-0.2, 0) is 12.4 Å². The zero-order valence-electron chi connectivity index (χ0n) is 14.7. The van der Waals surface area contributed by atoms with Crippen LogP contribution in [0.25, 0.3) is 10.9 Å². The first-order valence-corrected chi connectivity index (χ1v) is 8.19. The molecule has 1 heterocycles. The van der Waals surface area contributed by atoms with Gasteiger partial charge in [0.05, 0.1) is 17.2 Å². The molecular formula is C19H18F6N2O. The van der Waals surface area contributed by atoms with Gasteiger partial charge in [-0.25, -0.2) is 4.98 Å². The first-order valence-electron chi connectivity index (χ1n) is 8.19. The minimum atomic E-state index is -4.97. The van der Waals surface area contributed by atoms with E-state index in [0.717, 1.165) is 6.07 Å². The van der Waals surface area contributed by atoms with E-state index in [2.05, 4.69) is 18.1 Å². The number of para-hydroxylation sites is 1. The normalized spacial score (nSPS) is 13.7. The van der Waals surface area contributed by atoms with Gasteiger partial charge in [0.15, 0.2) is 0 Å². The molecule has 0 aliphatic heterocycles. The fourth-order valence-electron chi connectivity index (χ4n) is 2.86. The number of aliphatic hydroxyl groups is 1. The lowest BCUT2D eigenvalue weighted by molar-refractivity contribution is -0.142. The molecule has 28 heavy (non-hydrogen) atoms. The fourth-order valence-corrected chi connectivity index (χ4v) is 2.86. The van der Waals surface area contributed by atoms with Crippen molar-refractivity contribution in [1.82, 2.24) is 9.88 Å². The maximum Gasteiger partial charge on any atom is 0.433 e. The van der Waals surface area contributed by atoms with E-state index < -0.39 is 35.2 Å². The van der Waals surface area contributed by atoms with Crippen LogP contribution in [0.3, 0.4) is 0 Å². The van der Waals surface area contributed by atoms with Crippen LogP contribution in [0.15, 0.2) is 49.6 Å². The molecule has 0 amide bonds. The van der Waals surface area contributed by atoms with Gasteiger partial charge in [-0.1, -0.05) is 24.3 Å². The second-order valence-corrected chi connectivity index (χ2v) is 6.11. The minimum Gasteiger partial charge on any atom is -0.387 e. The molecule has 2 rings (SSSR count). The van der Waals surface area contributed by atoms with Crippen LogP contribution in [0.2, 0.25) is 0 Å². The minimum absolute atomic E-state index is 0.120. The molecular weight excluding hydrogens is 386 g/mol. The van der Waals surface area contributed by atoms with Crippen molar-refractivity contribution in [3.05, 3.63) is 66.4 Å². The lowest BCUT2D eigenvalue weighted by Crippen LogP contribution is -2.29. The van der Waals surface area contributed by atoms with E-state index in [1.807, 2.05) is 0 Å². The third-order valence-corrected chi connectivity index (χ3v) is 4.03. The summed E-state index contributed by atoms with van der Waals surface area (Å²) in [4.78, 5) is 4.84. The van der Waals surface area contributed by atoms with Gasteiger partial charge in [-0.05, 0) is 17.7 Å². The summed E-state index contributed by atoms with van der Waals surface area (Å²) in [7, 11) is 0. The standard InChI is InChI=1S/C19H18F6N2O/c1-3-8-27(9-4-2)11-15(28)13-10-16(19(23,24)25)26-17-12(13)6-5-7-14(17)18(20,21)22/h3-7,10,15,28H,1-2,8-9,11H2. The highest BCUT2D eigenvalue weighted by Gasteiger charge is 2.38. The molecule has 152 valence electrons. The van der Waals surface area contributed by atoms with Gasteiger partial charge in [0.1, 0.15) is 5.69 Å². The smallest absolute Gasteiger partial charge is 0.387 e. The molecule has 1 N–H and O–H groups in total. The van der Waals surface area contributed by atoms with E-state index >= 15 is 0 Å². The van der Waals surface area contributed by atoms with Crippen LogP contribution < -0.4 is 0 Å². The van der Waals surface area contributed by atoms with Crippen molar-refractivity contribution >= 4 is 10.9 Å². The molecule has 2 aromatic rings. The number of rotatable bonds is 7. The summed E-state index contributed by atoms with van der Waals surface area (Å²) in [6, 6.07) is 3.53. The molecule has 0 radical (unpaired) electrons. The number of alkyl halides is 6. The van der Waals surface area contributed by atoms with E-state index in [-0.39, 0.29) is 17.5 Å². The predicted molar refractivity (Wildman–Crippen MR) is 93.5 cm³/mol. The third-order valence-electron chi connectivity index (χ3n) is 4.03.